The highest BCUT2D eigenvalue weighted by Gasteiger charge is 2.09. The molecule has 1 amide bonds. The van der Waals surface area contributed by atoms with Gasteiger partial charge in [-0.1, -0.05) is 0 Å². The number of amides is 1. The van der Waals surface area contributed by atoms with Crippen molar-refractivity contribution in [1.82, 2.24) is 19.7 Å². The molecule has 2 aromatic rings. The van der Waals surface area contributed by atoms with Crippen molar-refractivity contribution in [2.45, 2.75) is 6.54 Å². The number of imidazole rings is 1. The summed E-state index contributed by atoms with van der Waals surface area (Å²) in [5, 5.41) is 8.98. The van der Waals surface area contributed by atoms with Crippen molar-refractivity contribution >= 4 is 11.6 Å². The molecule has 0 aromatic carbocycles. The van der Waals surface area contributed by atoms with Crippen molar-refractivity contribution in [2.75, 3.05) is 11.9 Å². The van der Waals surface area contributed by atoms with E-state index in [2.05, 4.69) is 20.5 Å². The summed E-state index contributed by atoms with van der Waals surface area (Å²) < 4.78 is 1.77. The van der Waals surface area contributed by atoms with Gasteiger partial charge in [-0.05, 0) is 0 Å². The number of H-pyrrole nitrogens is 1. The molecule has 0 aliphatic carbocycles. The second kappa shape index (κ2) is 4.58. The third-order valence-corrected chi connectivity index (χ3v) is 2.01. The molecule has 2 rings (SSSR count). The predicted molar refractivity (Wildman–Crippen MR) is 57.8 cm³/mol. The number of aromatic amines is 1. The average molecular weight is 220 g/mol. The maximum atomic E-state index is 11.7. The molecule has 0 aliphatic heterocycles. The molecule has 16 heavy (non-hydrogen) atoms. The number of carbonyl (C=O) groups excluding carboxylic acids is 1. The van der Waals surface area contributed by atoms with E-state index in [9.17, 15) is 4.79 Å². The van der Waals surface area contributed by atoms with Gasteiger partial charge in [0.15, 0.2) is 0 Å². The van der Waals surface area contributed by atoms with Crippen molar-refractivity contribution in [1.29, 1.82) is 0 Å². The average Bonchev–Trinajstić information content (AvgIpc) is 2.89. The number of nitrogens with one attached hydrogen (secondary N) is 2. The Balaban J connectivity index is 2.03. The Bertz CT molecular complexity index is 460. The highest BCUT2D eigenvalue weighted by Crippen LogP contribution is 2.04. The largest absolute Gasteiger partial charge is 0.335 e. The molecule has 0 radical (unpaired) electrons. The molecule has 2 heterocycles. The predicted octanol–water partition coefficient (Wildman–Crippen LogP) is -0.183. The standard InChI is InChI=1S/C9H12N6O/c10-1-2-15-5-8(11-6-15)9(16)14-7-3-12-13-4-7/h3-6H,1-2,10H2,(H,12,13)(H,14,16). The lowest BCUT2D eigenvalue weighted by molar-refractivity contribution is 0.102. The van der Waals surface area contributed by atoms with Crippen LogP contribution in [0.2, 0.25) is 0 Å². The monoisotopic (exact) mass is 220 g/mol. The molecule has 2 aromatic heterocycles. The first-order valence-corrected chi connectivity index (χ1v) is 4.81. The molecule has 0 bridgehead atoms. The van der Waals surface area contributed by atoms with Crippen LogP contribution in [-0.4, -0.2) is 32.2 Å². The van der Waals surface area contributed by atoms with E-state index in [1.54, 1.807) is 23.3 Å². The van der Waals surface area contributed by atoms with E-state index in [-0.39, 0.29) is 5.91 Å². The Hall–Kier alpha value is -2.15. The zero-order valence-corrected chi connectivity index (χ0v) is 8.55. The summed E-state index contributed by atoms with van der Waals surface area (Å²) in [5.41, 5.74) is 6.36. The molecular formula is C9H12N6O. The smallest absolute Gasteiger partial charge is 0.275 e. The molecule has 7 heteroatoms. The highest BCUT2D eigenvalue weighted by molar-refractivity contribution is 6.02. The van der Waals surface area contributed by atoms with Crippen LogP contribution in [-0.2, 0) is 6.54 Å². The van der Waals surface area contributed by atoms with E-state index in [4.69, 9.17) is 5.73 Å². The van der Waals surface area contributed by atoms with Gasteiger partial charge in [-0.15, -0.1) is 0 Å². The number of nitrogens with zero attached hydrogens (tertiary/aromatic N) is 3. The first kappa shape index (κ1) is 10.4. The Morgan fingerprint density at radius 2 is 2.50 bits per heavy atom. The third-order valence-electron chi connectivity index (χ3n) is 2.01. The molecule has 0 spiro atoms. The van der Waals surface area contributed by atoms with Gasteiger partial charge in [0.25, 0.3) is 5.91 Å². The van der Waals surface area contributed by atoms with Gasteiger partial charge in [0.2, 0.25) is 0 Å². The fourth-order valence-electron chi connectivity index (χ4n) is 1.26. The number of anilines is 1. The van der Waals surface area contributed by atoms with Gasteiger partial charge in [0, 0.05) is 25.5 Å². The Morgan fingerprint density at radius 3 is 3.19 bits per heavy atom. The number of hydrogen-bond acceptors (Lipinski definition) is 4. The molecule has 84 valence electrons. The summed E-state index contributed by atoms with van der Waals surface area (Å²) in [7, 11) is 0. The molecule has 0 unspecified atom stereocenters. The van der Waals surface area contributed by atoms with Crippen molar-refractivity contribution in [3.05, 3.63) is 30.6 Å². The quantitative estimate of drug-likeness (QED) is 0.665. The van der Waals surface area contributed by atoms with Crippen LogP contribution in [0.3, 0.4) is 0 Å². The summed E-state index contributed by atoms with van der Waals surface area (Å²) in [5.74, 6) is -0.267. The van der Waals surface area contributed by atoms with Gasteiger partial charge in [-0.3, -0.25) is 9.89 Å². The minimum atomic E-state index is -0.267. The summed E-state index contributed by atoms with van der Waals surface area (Å²) in [6.45, 7) is 1.16. The molecule has 0 atom stereocenters. The zero-order chi connectivity index (χ0) is 11.4. The van der Waals surface area contributed by atoms with E-state index in [1.807, 2.05) is 0 Å². The van der Waals surface area contributed by atoms with Gasteiger partial charge < -0.3 is 15.6 Å². The van der Waals surface area contributed by atoms with E-state index in [0.717, 1.165) is 0 Å². The van der Waals surface area contributed by atoms with Crippen LogP contribution in [0.5, 0.6) is 0 Å². The van der Waals surface area contributed by atoms with E-state index < -0.39 is 0 Å². The Kier molecular flexibility index (Phi) is 2.97. The number of rotatable bonds is 4. The van der Waals surface area contributed by atoms with Crippen LogP contribution in [0, 0.1) is 0 Å². The summed E-state index contributed by atoms with van der Waals surface area (Å²) in [4.78, 5) is 15.6. The number of hydrogen-bond donors (Lipinski definition) is 3. The lowest BCUT2D eigenvalue weighted by Gasteiger charge is -1.98. The lowest BCUT2D eigenvalue weighted by atomic mass is 10.4. The topological polar surface area (TPSA) is 102 Å². The third kappa shape index (κ3) is 2.26. The Labute approximate surface area is 91.7 Å². The summed E-state index contributed by atoms with van der Waals surface area (Å²) >= 11 is 0. The molecular weight excluding hydrogens is 208 g/mol. The van der Waals surface area contributed by atoms with E-state index >= 15 is 0 Å². The fraction of sp³-hybridized carbons (Fsp3) is 0.222. The zero-order valence-electron chi connectivity index (χ0n) is 8.55. The first-order valence-electron chi connectivity index (χ1n) is 4.81. The lowest BCUT2D eigenvalue weighted by Crippen LogP contribution is -2.12. The SMILES string of the molecule is NCCn1cnc(C(=O)Nc2cn[nH]c2)c1. The van der Waals surface area contributed by atoms with Gasteiger partial charge in [-0.25, -0.2) is 4.98 Å². The maximum absolute atomic E-state index is 11.7. The Morgan fingerprint density at radius 1 is 1.62 bits per heavy atom. The summed E-state index contributed by atoms with van der Waals surface area (Å²) in [6, 6.07) is 0. The second-order valence-corrected chi connectivity index (χ2v) is 3.23. The van der Waals surface area contributed by atoms with Crippen LogP contribution < -0.4 is 11.1 Å². The molecule has 0 saturated heterocycles. The number of aromatic nitrogens is 4. The second-order valence-electron chi connectivity index (χ2n) is 3.23. The van der Waals surface area contributed by atoms with Gasteiger partial charge in [0.1, 0.15) is 5.69 Å². The van der Waals surface area contributed by atoms with Gasteiger partial charge in [-0.2, -0.15) is 5.10 Å². The van der Waals surface area contributed by atoms with Crippen LogP contribution in [0.4, 0.5) is 5.69 Å². The number of nitrogens with two attached hydrogens (primary N) is 1. The molecule has 0 saturated carbocycles. The van der Waals surface area contributed by atoms with Gasteiger partial charge >= 0.3 is 0 Å². The molecule has 0 fully saturated rings. The highest BCUT2D eigenvalue weighted by atomic mass is 16.1. The summed E-state index contributed by atoms with van der Waals surface area (Å²) in [6.07, 6.45) is 6.35. The fourth-order valence-corrected chi connectivity index (χ4v) is 1.26. The minimum absolute atomic E-state index is 0.267. The van der Waals surface area contributed by atoms with Crippen LogP contribution in [0.15, 0.2) is 24.9 Å². The van der Waals surface area contributed by atoms with Crippen molar-refractivity contribution in [3.63, 3.8) is 0 Å². The van der Waals surface area contributed by atoms with Gasteiger partial charge in [0.05, 0.1) is 18.2 Å². The molecule has 7 nitrogen and oxygen atoms in total. The maximum Gasteiger partial charge on any atom is 0.275 e. The van der Waals surface area contributed by atoms with Crippen LogP contribution in [0.25, 0.3) is 0 Å². The molecule has 0 aliphatic rings. The number of carbonyl (C=O) groups is 1. The van der Waals surface area contributed by atoms with Crippen molar-refractivity contribution in [3.8, 4) is 0 Å². The normalized spacial score (nSPS) is 10.3. The van der Waals surface area contributed by atoms with E-state index in [0.29, 0.717) is 24.5 Å². The van der Waals surface area contributed by atoms with Crippen molar-refractivity contribution in [2.24, 2.45) is 5.73 Å². The van der Waals surface area contributed by atoms with E-state index in [1.165, 1.54) is 6.20 Å². The van der Waals surface area contributed by atoms with Crippen LogP contribution in [0.1, 0.15) is 10.5 Å². The molecule has 4 N–H and O–H groups in total. The van der Waals surface area contributed by atoms with Crippen LogP contribution >= 0.6 is 0 Å². The first-order chi connectivity index (χ1) is 7.79. The van der Waals surface area contributed by atoms with Crippen molar-refractivity contribution < 1.29 is 4.79 Å². The minimum Gasteiger partial charge on any atom is -0.335 e.